The number of hydrogen-bond donors (Lipinski definition) is 2. The summed E-state index contributed by atoms with van der Waals surface area (Å²) in [6.45, 7) is 1.47. The third kappa shape index (κ3) is 5.88. The van der Waals surface area contributed by atoms with Crippen molar-refractivity contribution in [3.8, 4) is 5.75 Å². The van der Waals surface area contributed by atoms with Gasteiger partial charge in [-0.2, -0.15) is 0 Å². The minimum Gasteiger partial charge on any atom is -0.497 e. The number of aliphatic imine (C=N–C) groups is 1. The maximum absolute atomic E-state index is 12.6. The van der Waals surface area contributed by atoms with E-state index in [0.717, 1.165) is 56.8 Å². The van der Waals surface area contributed by atoms with Gasteiger partial charge in [-0.05, 0) is 43.4 Å². The van der Waals surface area contributed by atoms with E-state index in [4.69, 9.17) is 4.74 Å². The van der Waals surface area contributed by atoms with Crippen LogP contribution in [0.1, 0.15) is 37.7 Å². The molecule has 1 fully saturated rings. The number of methoxy groups -OCH3 is 1. The van der Waals surface area contributed by atoms with Gasteiger partial charge in [0.1, 0.15) is 5.75 Å². The highest BCUT2D eigenvalue weighted by molar-refractivity contribution is 5.85. The maximum Gasteiger partial charge on any atom is 0.230 e. The van der Waals surface area contributed by atoms with Gasteiger partial charge in [0.25, 0.3) is 0 Å². The number of carbonyl (C=O) groups is 1. The Morgan fingerprint density at radius 1 is 1.19 bits per heavy atom. The number of nitrogens with zero attached hydrogens (tertiary/aromatic N) is 2. The topological polar surface area (TPSA) is 66.0 Å². The minimum atomic E-state index is -0.287. The molecule has 1 aromatic rings. The van der Waals surface area contributed by atoms with E-state index in [1.807, 2.05) is 26.2 Å². The first-order valence-corrected chi connectivity index (χ1v) is 9.80. The maximum atomic E-state index is 12.6. The van der Waals surface area contributed by atoms with Crippen LogP contribution in [0.2, 0.25) is 0 Å². The van der Waals surface area contributed by atoms with Gasteiger partial charge in [-0.25, -0.2) is 0 Å². The van der Waals surface area contributed by atoms with Gasteiger partial charge < -0.3 is 20.3 Å². The number of benzene rings is 1. The SMILES string of the molecule is CN=C(NCCCc1ccc(OC)cc1)NCC1(C(=O)N(C)C)CCCC1. The predicted molar refractivity (Wildman–Crippen MR) is 110 cm³/mol. The first kappa shape index (κ1) is 21.1. The van der Waals surface area contributed by atoms with Gasteiger partial charge >= 0.3 is 0 Å². The molecule has 2 rings (SSSR count). The van der Waals surface area contributed by atoms with E-state index in [2.05, 4.69) is 27.8 Å². The average Bonchev–Trinajstić information content (AvgIpc) is 3.17. The molecule has 150 valence electrons. The third-order valence-corrected chi connectivity index (χ3v) is 5.33. The molecule has 0 heterocycles. The summed E-state index contributed by atoms with van der Waals surface area (Å²) in [6.07, 6.45) is 6.15. The van der Waals surface area contributed by atoms with E-state index >= 15 is 0 Å². The summed E-state index contributed by atoms with van der Waals surface area (Å²) in [5.74, 6) is 1.87. The van der Waals surface area contributed by atoms with Crippen LogP contribution in [0.25, 0.3) is 0 Å². The molecule has 1 aromatic carbocycles. The first-order valence-electron chi connectivity index (χ1n) is 9.80. The van der Waals surface area contributed by atoms with Crippen LogP contribution in [0, 0.1) is 5.41 Å². The monoisotopic (exact) mass is 374 g/mol. The molecule has 0 radical (unpaired) electrons. The van der Waals surface area contributed by atoms with Crippen LogP contribution in [-0.2, 0) is 11.2 Å². The van der Waals surface area contributed by atoms with Gasteiger partial charge in [0.2, 0.25) is 5.91 Å². The Morgan fingerprint density at radius 3 is 2.41 bits per heavy atom. The number of guanidine groups is 1. The van der Waals surface area contributed by atoms with Crippen LogP contribution in [-0.4, -0.2) is 58.1 Å². The number of hydrogen-bond acceptors (Lipinski definition) is 3. The fraction of sp³-hybridized carbons (Fsp3) is 0.619. The van der Waals surface area contributed by atoms with Gasteiger partial charge in [0.05, 0.1) is 12.5 Å². The Kier molecular flexibility index (Phi) is 7.95. The molecule has 6 nitrogen and oxygen atoms in total. The molecule has 27 heavy (non-hydrogen) atoms. The zero-order chi connectivity index (χ0) is 19.7. The molecular formula is C21H34N4O2. The van der Waals surface area contributed by atoms with E-state index in [0.29, 0.717) is 6.54 Å². The van der Waals surface area contributed by atoms with E-state index in [9.17, 15) is 4.79 Å². The van der Waals surface area contributed by atoms with E-state index in [1.165, 1.54) is 5.56 Å². The van der Waals surface area contributed by atoms with Crippen LogP contribution in [0.3, 0.4) is 0 Å². The fourth-order valence-electron chi connectivity index (χ4n) is 3.76. The van der Waals surface area contributed by atoms with Gasteiger partial charge in [0, 0.05) is 34.2 Å². The smallest absolute Gasteiger partial charge is 0.230 e. The molecule has 0 atom stereocenters. The molecule has 0 saturated heterocycles. The molecule has 0 aliphatic heterocycles. The lowest BCUT2D eigenvalue weighted by atomic mass is 9.84. The first-order chi connectivity index (χ1) is 13.0. The van der Waals surface area contributed by atoms with E-state index in [1.54, 1.807) is 19.1 Å². The van der Waals surface area contributed by atoms with Crippen molar-refractivity contribution in [1.82, 2.24) is 15.5 Å². The summed E-state index contributed by atoms with van der Waals surface area (Å²) in [4.78, 5) is 18.7. The standard InChI is InChI=1S/C21H34N4O2/c1-22-20(23-15-7-8-17-9-11-18(27-4)12-10-17)24-16-21(13-5-6-14-21)19(26)25(2)3/h9-12H,5-8,13-16H2,1-4H3,(H2,22,23,24). The van der Waals surface area contributed by atoms with E-state index < -0.39 is 0 Å². The van der Waals surface area contributed by atoms with Gasteiger partial charge in [-0.1, -0.05) is 25.0 Å². The number of ether oxygens (including phenoxy) is 1. The van der Waals surface area contributed by atoms with Crippen LogP contribution in [0.5, 0.6) is 5.75 Å². The summed E-state index contributed by atoms with van der Waals surface area (Å²) in [5.41, 5.74) is 1.01. The van der Waals surface area contributed by atoms with Crippen molar-refractivity contribution in [2.24, 2.45) is 10.4 Å². The summed E-state index contributed by atoms with van der Waals surface area (Å²) in [7, 11) is 7.14. The fourth-order valence-corrected chi connectivity index (χ4v) is 3.76. The van der Waals surface area contributed by atoms with Gasteiger partial charge in [0.15, 0.2) is 5.96 Å². The highest BCUT2D eigenvalue weighted by Crippen LogP contribution is 2.38. The molecule has 1 amide bonds. The lowest BCUT2D eigenvalue weighted by molar-refractivity contribution is -0.138. The van der Waals surface area contributed by atoms with Crippen molar-refractivity contribution < 1.29 is 9.53 Å². The summed E-state index contributed by atoms with van der Waals surface area (Å²) >= 11 is 0. The Balaban J connectivity index is 1.77. The second-order valence-electron chi connectivity index (χ2n) is 7.49. The Labute approximate surface area is 163 Å². The molecule has 6 heteroatoms. The molecule has 0 bridgehead atoms. The molecule has 0 spiro atoms. The molecular weight excluding hydrogens is 340 g/mol. The third-order valence-electron chi connectivity index (χ3n) is 5.33. The number of carbonyl (C=O) groups excluding carboxylic acids is 1. The molecule has 0 unspecified atom stereocenters. The minimum absolute atomic E-state index is 0.224. The zero-order valence-electron chi connectivity index (χ0n) is 17.2. The lowest BCUT2D eigenvalue weighted by Crippen LogP contribution is -2.49. The number of nitrogens with one attached hydrogen (secondary N) is 2. The van der Waals surface area contributed by atoms with Crippen LogP contribution in [0.4, 0.5) is 0 Å². The highest BCUT2D eigenvalue weighted by atomic mass is 16.5. The highest BCUT2D eigenvalue weighted by Gasteiger charge is 2.42. The van der Waals surface area contributed by atoms with Crippen molar-refractivity contribution in [3.05, 3.63) is 29.8 Å². The van der Waals surface area contributed by atoms with Crippen LogP contribution in [0.15, 0.2) is 29.3 Å². The summed E-state index contributed by atoms with van der Waals surface area (Å²) in [6, 6.07) is 8.18. The number of aryl methyl sites for hydroxylation is 1. The largest absolute Gasteiger partial charge is 0.497 e. The van der Waals surface area contributed by atoms with Gasteiger partial charge in [-0.3, -0.25) is 9.79 Å². The molecule has 2 N–H and O–H groups in total. The predicted octanol–water partition coefficient (Wildman–Crippen LogP) is 2.44. The molecule has 1 aliphatic rings. The summed E-state index contributed by atoms with van der Waals surface area (Å²) < 4.78 is 5.19. The molecule has 1 aliphatic carbocycles. The van der Waals surface area contributed by atoms with E-state index in [-0.39, 0.29) is 11.3 Å². The second kappa shape index (κ2) is 10.2. The Bertz CT molecular complexity index is 620. The Morgan fingerprint density at radius 2 is 1.85 bits per heavy atom. The normalized spacial score (nSPS) is 16.1. The van der Waals surface area contributed by atoms with Crippen molar-refractivity contribution >= 4 is 11.9 Å². The van der Waals surface area contributed by atoms with Crippen LogP contribution < -0.4 is 15.4 Å². The van der Waals surface area contributed by atoms with Crippen molar-refractivity contribution in [2.45, 2.75) is 38.5 Å². The number of rotatable bonds is 8. The zero-order valence-corrected chi connectivity index (χ0v) is 17.2. The van der Waals surface area contributed by atoms with Crippen LogP contribution >= 0.6 is 0 Å². The average molecular weight is 375 g/mol. The van der Waals surface area contributed by atoms with Crippen molar-refractivity contribution in [1.29, 1.82) is 0 Å². The quantitative estimate of drug-likeness (QED) is 0.417. The van der Waals surface area contributed by atoms with Crippen molar-refractivity contribution in [2.75, 3.05) is 41.3 Å². The number of amides is 1. The molecule has 1 saturated carbocycles. The lowest BCUT2D eigenvalue weighted by Gasteiger charge is -2.31. The van der Waals surface area contributed by atoms with Crippen molar-refractivity contribution in [3.63, 3.8) is 0 Å². The molecule has 0 aromatic heterocycles. The summed E-state index contributed by atoms with van der Waals surface area (Å²) in [5, 5.41) is 6.74. The van der Waals surface area contributed by atoms with Gasteiger partial charge in [-0.15, -0.1) is 0 Å². The Hall–Kier alpha value is -2.24. The second-order valence-corrected chi connectivity index (χ2v) is 7.49.